The molecule has 0 unspecified atom stereocenters. The van der Waals surface area contributed by atoms with Crippen molar-refractivity contribution >= 4 is 28.6 Å². The Kier molecular flexibility index (Phi) is 10.7. The molecule has 0 aromatic heterocycles. The lowest BCUT2D eigenvalue weighted by Gasteiger charge is -2.36. The van der Waals surface area contributed by atoms with Crippen LogP contribution in [0.1, 0.15) is 155 Å². The Hall–Kier alpha value is -2.69. The van der Waals surface area contributed by atoms with Crippen LogP contribution in [-0.4, -0.2) is 34.8 Å². The fraction of sp³-hybridized carbons (Fsp3) is 0.649. The molecule has 2 aromatic carbocycles. The molecule has 2 aliphatic carbocycles. The predicted octanol–water partition coefficient (Wildman–Crippen LogP) is 9.12. The SMILES string of the molecule is CC[C@H](C)CCCCCCCCCCC(=O)O[C@@H]1CCCC[C@H]1N1C(=O)c2cc3cc4c(cc3cc2C1=O)CCCC4. The first-order chi connectivity index (χ1) is 20.5. The second-order valence-electron chi connectivity index (χ2n) is 13.3. The summed E-state index contributed by atoms with van der Waals surface area (Å²) < 4.78 is 5.97. The average molecular weight is 574 g/mol. The van der Waals surface area contributed by atoms with Gasteiger partial charge in [-0.1, -0.05) is 90.2 Å². The van der Waals surface area contributed by atoms with E-state index in [0.717, 1.165) is 61.6 Å². The zero-order chi connectivity index (χ0) is 29.5. The summed E-state index contributed by atoms with van der Waals surface area (Å²) in [6, 6.07) is 7.87. The van der Waals surface area contributed by atoms with Crippen molar-refractivity contribution in [2.24, 2.45) is 5.92 Å². The number of carbonyl (C=O) groups excluding carboxylic acids is 3. The lowest BCUT2D eigenvalue weighted by Crippen LogP contribution is -2.49. The molecule has 5 rings (SSSR count). The van der Waals surface area contributed by atoms with E-state index in [4.69, 9.17) is 4.74 Å². The van der Waals surface area contributed by atoms with E-state index in [1.807, 2.05) is 12.1 Å². The summed E-state index contributed by atoms with van der Waals surface area (Å²) in [5, 5.41) is 2.07. The van der Waals surface area contributed by atoms with Gasteiger partial charge in [0.1, 0.15) is 6.10 Å². The Bertz CT molecular complexity index is 1200. The fourth-order valence-corrected chi connectivity index (χ4v) is 7.31. The number of aryl methyl sites for hydroxylation is 2. The van der Waals surface area contributed by atoms with Gasteiger partial charge in [-0.25, -0.2) is 0 Å². The van der Waals surface area contributed by atoms with E-state index in [2.05, 4.69) is 26.0 Å². The van der Waals surface area contributed by atoms with Gasteiger partial charge in [-0.3, -0.25) is 19.3 Å². The summed E-state index contributed by atoms with van der Waals surface area (Å²) in [5.74, 6) is 0.196. The molecule has 1 aliphatic heterocycles. The molecule has 0 N–H and O–H groups in total. The van der Waals surface area contributed by atoms with Gasteiger partial charge in [-0.2, -0.15) is 0 Å². The number of unbranched alkanes of at least 4 members (excludes halogenated alkanes) is 7. The molecule has 1 fully saturated rings. The third-order valence-corrected chi connectivity index (χ3v) is 10.1. The van der Waals surface area contributed by atoms with E-state index in [0.29, 0.717) is 30.4 Å². The molecule has 5 heteroatoms. The highest BCUT2D eigenvalue weighted by atomic mass is 16.5. The average Bonchev–Trinajstić information content (AvgIpc) is 3.24. The number of nitrogens with zero attached hydrogens (tertiary/aromatic N) is 1. The smallest absolute Gasteiger partial charge is 0.306 e. The molecule has 1 saturated carbocycles. The van der Waals surface area contributed by atoms with E-state index in [-0.39, 0.29) is 23.8 Å². The summed E-state index contributed by atoms with van der Waals surface area (Å²) in [6.45, 7) is 4.62. The molecule has 2 amide bonds. The zero-order valence-electron chi connectivity index (χ0n) is 26.1. The number of hydrogen-bond donors (Lipinski definition) is 0. The first-order valence-corrected chi connectivity index (χ1v) is 17.1. The molecule has 42 heavy (non-hydrogen) atoms. The van der Waals surface area contributed by atoms with Gasteiger partial charge in [0.15, 0.2) is 0 Å². The van der Waals surface area contributed by atoms with Crippen LogP contribution in [0.15, 0.2) is 24.3 Å². The highest BCUT2D eigenvalue weighted by Crippen LogP contribution is 2.36. The van der Waals surface area contributed by atoms with Crippen LogP contribution in [0.5, 0.6) is 0 Å². The normalized spacial score (nSPS) is 21.0. The van der Waals surface area contributed by atoms with E-state index < -0.39 is 6.10 Å². The van der Waals surface area contributed by atoms with Crippen molar-refractivity contribution < 1.29 is 19.1 Å². The lowest BCUT2D eigenvalue weighted by molar-refractivity contribution is -0.153. The van der Waals surface area contributed by atoms with Gasteiger partial charge < -0.3 is 4.74 Å². The van der Waals surface area contributed by atoms with Crippen molar-refractivity contribution in [3.05, 3.63) is 46.5 Å². The Labute approximate surface area is 252 Å². The molecule has 0 spiro atoms. The fourth-order valence-electron chi connectivity index (χ4n) is 7.31. The van der Waals surface area contributed by atoms with Crippen molar-refractivity contribution in [1.82, 2.24) is 4.90 Å². The van der Waals surface area contributed by atoms with Gasteiger partial charge in [0, 0.05) is 6.42 Å². The quantitative estimate of drug-likeness (QED) is 0.128. The molecule has 2 aromatic rings. The Morgan fingerprint density at radius 1 is 0.786 bits per heavy atom. The summed E-state index contributed by atoms with van der Waals surface area (Å²) >= 11 is 0. The highest BCUT2D eigenvalue weighted by Gasteiger charge is 2.45. The van der Waals surface area contributed by atoms with Crippen molar-refractivity contribution in [3.8, 4) is 0 Å². The number of carbonyl (C=O) groups is 3. The molecule has 5 nitrogen and oxygen atoms in total. The third kappa shape index (κ3) is 7.26. The summed E-state index contributed by atoms with van der Waals surface area (Å²) in [6.07, 6.45) is 20.1. The first kappa shape index (κ1) is 30.8. The summed E-state index contributed by atoms with van der Waals surface area (Å²) in [4.78, 5) is 41.5. The minimum absolute atomic E-state index is 0.190. The van der Waals surface area contributed by atoms with Gasteiger partial charge in [-0.05, 0) is 91.3 Å². The van der Waals surface area contributed by atoms with Gasteiger partial charge in [0.25, 0.3) is 11.8 Å². The Morgan fingerprint density at radius 3 is 1.93 bits per heavy atom. The second kappa shape index (κ2) is 14.7. The Morgan fingerprint density at radius 2 is 1.33 bits per heavy atom. The predicted molar refractivity (Wildman–Crippen MR) is 169 cm³/mol. The molecule has 228 valence electrons. The first-order valence-electron chi connectivity index (χ1n) is 17.1. The number of hydrogen-bond acceptors (Lipinski definition) is 4. The minimum atomic E-state index is -0.411. The molecule has 3 atom stereocenters. The number of imide groups is 1. The number of ether oxygens (including phenoxy) is 1. The van der Waals surface area contributed by atoms with Crippen LogP contribution in [0.2, 0.25) is 0 Å². The molecule has 0 radical (unpaired) electrons. The zero-order valence-corrected chi connectivity index (χ0v) is 26.1. The largest absolute Gasteiger partial charge is 0.460 e. The van der Waals surface area contributed by atoms with Crippen LogP contribution in [0.3, 0.4) is 0 Å². The number of rotatable bonds is 14. The van der Waals surface area contributed by atoms with E-state index in [1.165, 1.54) is 73.8 Å². The van der Waals surface area contributed by atoms with Crippen molar-refractivity contribution in [1.29, 1.82) is 0 Å². The lowest BCUT2D eigenvalue weighted by atomic mass is 9.88. The van der Waals surface area contributed by atoms with E-state index in [9.17, 15) is 14.4 Å². The Balaban J connectivity index is 1.11. The summed E-state index contributed by atoms with van der Waals surface area (Å²) in [7, 11) is 0. The van der Waals surface area contributed by atoms with Gasteiger partial charge in [0.05, 0.1) is 17.2 Å². The number of amides is 2. The van der Waals surface area contributed by atoms with Crippen LogP contribution >= 0.6 is 0 Å². The standard InChI is InChI=1S/C37H51NO4/c1-3-26(2)16-10-8-6-4-5-7-9-11-21-35(39)42-34-20-15-14-19-33(34)38-36(40)31-24-29-22-27-17-12-13-18-28(27)23-30(29)25-32(31)37(38)41/h22-26,33-34H,3-21H2,1-2H3/t26-,33+,34+/m0/s1. The summed E-state index contributed by atoms with van der Waals surface area (Å²) in [5.41, 5.74) is 3.73. The third-order valence-electron chi connectivity index (χ3n) is 10.1. The number of fused-ring (bicyclic) bond motifs is 3. The van der Waals surface area contributed by atoms with E-state index >= 15 is 0 Å². The second-order valence-corrected chi connectivity index (χ2v) is 13.3. The molecule has 0 saturated heterocycles. The van der Waals surface area contributed by atoms with E-state index in [1.54, 1.807) is 0 Å². The molecular formula is C37H51NO4. The maximum Gasteiger partial charge on any atom is 0.306 e. The molecule has 1 heterocycles. The highest BCUT2D eigenvalue weighted by molar-refractivity contribution is 6.23. The van der Waals surface area contributed by atoms with Gasteiger partial charge in [0.2, 0.25) is 0 Å². The van der Waals surface area contributed by atoms with Gasteiger partial charge in [-0.15, -0.1) is 0 Å². The minimum Gasteiger partial charge on any atom is -0.460 e. The van der Waals surface area contributed by atoms with Crippen LogP contribution in [0.25, 0.3) is 10.8 Å². The van der Waals surface area contributed by atoms with Crippen molar-refractivity contribution in [3.63, 3.8) is 0 Å². The maximum absolute atomic E-state index is 13.6. The van der Waals surface area contributed by atoms with Crippen LogP contribution in [-0.2, 0) is 22.4 Å². The molecule has 3 aliphatic rings. The topological polar surface area (TPSA) is 63.7 Å². The van der Waals surface area contributed by atoms with Crippen molar-refractivity contribution in [2.75, 3.05) is 0 Å². The molecular weight excluding hydrogens is 522 g/mol. The van der Waals surface area contributed by atoms with Crippen LogP contribution in [0, 0.1) is 5.92 Å². The van der Waals surface area contributed by atoms with Crippen LogP contribution in [0.4, 0.5) is 0 Å². The van der Waals surface area contributed by atoms with Crippen LogP contribution < -0.4 is 0 Å². The molecule has 0 bridgehead atoms. The monoisotopic (exact) mass is 573 g/mol. The number of benzene rings is 2. The van der Waals surface area contributed by atoms with Gasteiger partial charge >= 0.3 is 5.97 Å². The number of esters is 1. The van der Waals surface area contributed by atoms with Crippen molar-refractivity contribution in [2.45, 2.75) is 148 Å². The maximum atomic E-state index is 13.6.